The van der Waals surface area contributed by atoms with E-state index in [0.717, 1.165) is 12.1 Å². The van der Waals surface area contributed by atoms with E-state index in [1.54, 1.807) is 0 Å². The van der Waals surface area contributed by atoms with Gasteiger partial charge in [0.15, 0.2) is 0 Å². The number of hydrogen-bond donors (Lipinski definition) is 4. The van der Waals surface area contributed by atoms with Crippen molar-refractivity contribution in [3.05, 3.63) is 39.9 Å². The van der Waals surface area contributed by atoms with Crippen molar-refractivity contribution in [1.82, 2.24) is 16.2 Å². The lowest BCUT2D eigenvalue weighted by Gasteiger charge is -2.07. The zero-order chi connectivity index (χ0) is 15.1. The van der Waals surface area contributed by atoms with Gasteiger partial charge in [-0.2, -0.15) is 0 Å². The highest BCUT2D eigenvalue weighted by Gasteiger charge is 2.10. The molecule has 4 N–H and O–H groups in total. The maximum Gasteiger partial charge on any atom is 0.405 e. The van der Waals surface area contributed by atoms with Gasteiger partial charge in [-0.05, 0) is 12.1 Å². The Kier molecular flexibility index (Phi) is 4.97. The van der Waals surface area contributed by atoms with Gasteiger partial charge < -0.3 is 10.4 Å². The summed E-state index contributed by atoms with van der Waals surface area (Å²) in [7, 11) is 0. The van der Waals surface area contributed by atoms with Gasteiger partial charge in [0.05, 0.1) is 4.92 Å². The molecule has 0 bridgehead atoms. The van der Waals surface area contributed by atoms with Crippen LogP contribution in [0.1, 0.15) is 10.4 Å². The Labute approximate surface area is 111 Å². The predicted octanol–water partition coefficient (Wildman–Crippen LogP) is -0.377. The van der Waals surface area contributed by atoms with Crippen LogP contribution in [0.4, 0.5) is 10.5 Å². The largest absolute Gasteiger partial charge is 0.465 e. The van der Waals surface area contributed by atoms with Crippen LogP contribution in [-0.4, -0.2) is 34.5 Å². The number of benzene rings is 1. The first kappa shape index (κ1) is 14.9. The monoisotopic (exact) mass is 282 g/mol. The first-order valence-electron chi connectivity index (χ1n) is 5.20. The Balaban J connectivity index is 2.48. The van der Waals surface area contributed by atoms with Crippen molar-refractivity contribution in [1.29, 1.82) is 0 Å². The van der Waals surface area contributed by atoms with Crippen molar-refractivity contribution in [3.63, 3.8) is 0 Å². The zero-order valence-corrected chi connectivity index (χ0v) is 9.95. The van der Waals surface area contributed by atoms with Gasteiger partial charge in [0, 0.05) is 17.7 Å². The third-order valence-electron chi connectivity index (χ3n) is 2.06. The molecule has 0 fully saturated rings. The molecule has 0 radical (unpaired) electrons. The fraction of sp³-hybridized carbons (Fsp3) is 0.100. The minimum atomic E-state index is -1.37. The Hall–Kier alpha value is -3.17. The molecule has 1 aromatic rings. The van der Waals surface area contributed by atoms with Crippen LogP contribution >= 0.6 is 0 Å². The lowest BCUT2D eigenvalue weighted by molar-refractivity contribution is -0.384. The van der Waals surface area contributed by atoms with E-state index in [1.165, 1.54) is 12.1 Å². The van der Waals surface area contributed by atoms with Crippen molar-refractivity contribution in [2.75, 3.05) is 6.54 Å². The molecule has 20 heavy (non-hydrogen) atoms. The summed E-state index contributed by atoms with van der Waals surface area (Å²) in [5.74, 6) is -1.45. The molecule has 0 aliphatic carbocycles. The van der Waals surface area contributed by atoms with E-state index in [4.69, 9.17) is 5.11 Å². The molecule has 0 spiro atoms. The molecule has 106 valence electrons. The number of non-ortho nitro benzene ring substituents is 1. The molecule has 0 atom stereocenters. The number of carbonyl (C=O) groups is 3. The Bertz CT molecular complexity index is 541. The molecule has 0 saturated carbocycles. The quantitative estimate of drug-likeness (QED) is 0.436. The maximum absolute atomic E-state index is 11.5. The standard InChI is InChI=1S/C10H10N4O6/c15-8(5-11-10(17)18)12-13-9(16)6-1-3-7(4-2-6)14(19)20/h1-4,11H,5H2,(H,12,15)(H,13,16)(H,17,18). The van der Waals surface area contributed by atoms with Gasteiger partial charge in [-0.1, -0.05) is 0 Å². The lowest BCUT2D eigenvalue weighted by atomic mass is 10.2. The fourth-order valence-corrected chi connectivity index (χ4v) is 1.13. The number of rotatable bonds is 4. The minimum Gasteiger partial charge on any atom is -0.465 e. The minimum absolute atomic E-state index is 0.0992. The van der Waals surface area contributed by atoms with E-state index >= 15 is 0 Å². The summed E-state index contributed by atoms with van der Waals surface area (Å²) in [5.41, 5.74) is 3.93. The van der Waals surface area contributed by atoms with Crippen molar-refractivity contribution in [3.8, 4) is 0 Å². The third kappa shape index (κ3) is 4.60. The SMILES string of the molecule is O=C(O)NCC(=O)NNC(=O)c1ccc([N+](=O)[O-])cc1. The Morgan fingerprint density at radius 2 is 1.75 bits per heavy atom. The van der Waals surface area contributed by atoms with Gasteiger partial charge in [0.1, 0.15) is 6.54 Å². The van der Waals surface area contributed by atoms with Crippen LogP contribution in [0.3, 0.4) is 0 Å². The van der Waals surface area contributed by atoms with Crippen LogP contribution in [-0.2, 0) is 4.79 Å². The molecule has 0 aromatic heterocycles. The number of carbonyl (C=O) groups excluding carboxylic acids is 2. The molecule has 10 nitrogen and oxygen atoms in total. The van der Waals surface area contributed by atoms with Gasteiger partial charge in [0.25, 0.3) is 17.5 Å². The van der Waals surface area contributed by atoms with Crippen LogP contribution in [0, 0.1) is 10.1 Å². The average molecular weight is 282 g/mol. The topological polar surface area (TPSA) is 151 Å². The van der Waals surface area contributed by atoms with Crippen LogP contribution in [0.2, 0.25) is 0 Å². The summed E-state index contributed by atoms with van der Waals surface area (Å²) < 4.78 is 0. The third-order valence-corrected chi connectivity index (χ3v) is 2.06. The van der Waals surface area contributed by atoms with Gasteiger partial charge >= 0.3 is 6.09 Å². The number of carboxylic acid groups (broad SMARTS) is 1. The number of nitrogens with one attached hydrogen (secondary N) is 3. The molecule has 1 rings (SSSR count). The van der Waals surface area contributed by atoms with E-state index in [2.05, 4.69) is 0 Å². The number of hydrogen-bond acceptors (Lipinski definition) is 5. The highest BCUT2D eigenvalue weighted by Crippen LogP contribution is 2.11. The highest BCUT2D eigenvalue weighted by atomic mass is 16.6. The fourth-order valence-electron chi connectivity index (χ4n) is 1.13. The van der Waals surface area contributed by atoms with Gasteiger partial charge in [0.2, 0.25) is 0 Å². The Morgan fingerprint density at radius 1 is 1.15 bits per heavy atom. The summed E-state index contributed by atoms with van der Waals surface area (Å²) in [6.45, 7) is -0.518. The first-order chi connectivity index (χ1) is 9.40. The van der Waals surface area contributed by atoms with Crippen molar-refractivity contribution < 1.29 is 24.4 Å². The molecule has 1 aromatic carbocycles. The van der Waals surface area contributed by atoms with E-state index in [-0.39, 0.29) is 11.3 Å². The second-order valence-electron chi connectivity index (χ2n) is 3.46. The van der Waals surface area contributed by atoms with Gasteiger partial charge in [-0.3, -0.25) is 30.6 Å². The van der Waals surface area contributed by atoms with Crippen LogP contribution in [0.25, 0.3) is 0 Å². The lowest BCUT2D eigenvalue weighted by Crippen LogP contribution is -2.46. The number of nitro groups is 1. The van der Waals surface area contributed by atoms with Crippen molar-refractivity contribution >= 4 is 23.6 Å². The number of hydrazine groups is 1. The molecule has 0 heterocycles. The van der Waals surface area contributed by atoms with E-state index < -0.39 is 29.4 Å². The molecule has 0 saturated heterocycles. The first-order valence-corrected chi connectivity index (χ1v) is 5.20. The normalized spacial score (nSPS) is 9.40. The molecule has 0 unspecified atom stereocenters. The average Bonchev–Trinajstić information content (AvgIpc) is 2.42. The highest BCUT2D eigenvalue weighted by molar-refractivity contribution is 5.95. The molecule has 0 aliphatic heterocycles. The van der Waals surface area contributed by atoms with E-state index in [9.17, 15) is 24.5 Å². The molecule has 3 amide bonds. The second-order valence-corrected chi connectivity index (χ2v) is 3.46. The summed E-state index contributed by atoms with van der Waals surface area (Å²) in [6, 6.07) is 4.72. The van der Waals surface area contributed by atoms with E-state index in [0.29, 0.717) is 0 Å². The summed E-state index contributed by atoms with van der Waals surface area (Å²) >= 11 is 0. The number of nitrogens with zero attached hydrogens (tertiary/aromatic N) is 1. The van der Waals surface area contributed by atoms with Gasteiger partial charge in [-0.25, -0.2) is 4.79 Å². The number of amides is 3. The molecular weight excluding hydrogens is 272 g/mol. The zero-order valence-electron chi connectivity index (χ0n) is 9.95. The maximum atomic E-state index is 11.5. The Morgan fingerprint density at radius 3 is 2.25 bits per heavy atom. The smallest absolute Gasteiger partial charge is 0.405 e. The predicted molar refractivity (Wildman–Crippen MR) is 64.7 cm³/mol. The second kappa shape index (κ2) is 6.68. The molecular formula is C10H10N4O6. The summed E-state index contributed by atoms with van der Waals surface area (Å²) in [5, 5.41) is 20.5. The molecule has 0 aliphatic rings. The van der Waals surface area contributed by atoms with Gasteiger partial charge in [-0.15, -0.1) is 0 Å². The summed E-state index contributed by atoms with van der Waals surface area (Å²) in [4.78, 5) is 42.5. The van der Waals surface area contributed by atoms with Crippen LogP contribution in [0.5, 0.6) is 0 Å². The number of nitro benzene ring substituents is 1. The van der Waals surface area contributed by atoms with Crippen molar-refractivity contribution in [2.24, 2.45) is 0 Å². The molecule has 10 heteroatoms. The van der Waals surface area contributed by atoms with Crippen molar-refractivity contribution in [2.45, 2.75) is 0 Å². The van der Waals surface area contributed by atoms with Crippen LogP contribution in [0.15, 0.2) is 24.3 Å². The van der Waals surface area contributed by atoms with E-state index in [1.807, 2.05) is 16.2 Å². The van der Waals surface area contributed by atoms with Crippen LogP contribution < -0.4 is 16.2 Å². The summed E-state index contributed by atoms with van der Waals surface area (Å²) in [6.07, 6.45) is -1.37.